The Morgan fingerprint density at radius 3 is 1.71 bits per heavy atom. The van der Waals surface area contributed by atoms with Gasteiger partial charge in [0.2, 0.25) is 11.8 Å². The summed E-state index contributed by atoms with van der Waals surface area (Å²) in [6.45, 7) is 5.50. The van der Waals surface area contributed by atoms with E-state index in [1.54, 1.807) is 34.3 Å². The summed E-state index contributed by atoms with van der Waals surface area (Å²) in [5, 5.41) is 5.84. The molecule has 48 heavy (non-hydrogen) atoms. The van der Waals surface area contributed by atoms with E-state index in [1.807, 2.05) is 13.8 Å². The fraction of sp³-hybridized carbons (Fsp3) is 0.588. The van der Waals surface area contributed by atoms with Gasteiger partial charge < -0.3 is 29.9 Å². The number of hydrogen-bond acceptors (Lipinski definition) is 6. The van der Waals surface area contributed by atoms with Gasteiger partial charge in [-0.25, -0.2) is 0 Å². The van der Waals surface area contributed by atoms with Crippen LogP contribution in [-0.4, -0.2) is 89.2 Å². The van der Waals surface area contributed by atoms with Crippen LogP contribution >= 0.6 is 0 Å². The van der Waals surface area contributed by atoms with Gasteiger partial charge in [-0.2, -0.15) is 26.3 Å². The number of nitrogens with zero attached hydrogens (tertiary/aromatic N) is 2. The third-order valence-corrected chi connectivity index (χ3v) is 6.97. The summed E-state index contributed by atoms with van der Waals surface area (Å²) in [6.07, 6.45) is -5.11. The van der Waals surface area contributed by atoms with Crippen molar-refractivity contribution in [2.24, 2.45) is 0 Å². The van der Waals surface area contributed by atoms with Gasteiger partial charge in [0.05, 0.1) is 31.9 Å². The lowest BCUT2D eigenvalue weighted by Gasteiger charge is -2.18. The Labute approximate surface area is 280 Å². The molecule has 0 spiro atoms. The number of nitrogens with one attached hydrogen (secondary N) is 2. The van der Waals surface area contributed by atoms with Gasteiger partial charge in [0.1, 0.15) is 17.1 Å². The molecule has 0 unspecified atom stereocenters. The first-order valence-corrected chi connectivity index (χ1v) is 16.0. The van der Waals surface area contributed by atoms with Crippen LogP contribution in [0.25, 0.3) is 0 Å². The molecule has 0 heterocycles. The number of ether oxygens (including phenoxy) is 2. The number of halogens is 6. The summed E-state index contributed by atoms with van der Waals surface area (Å²) in [7, 11) is 6.59. The van der Waals surface area contributed by atoms with Gasteiger partial charge in [-0.1, -0.05) is 44.9 Å². The molecule has 0 aliphatic rings. The predicted molar refractivity (Wildman–Crippen MR) is 174 cm³/mol. The minimum atomic E-state index is -4.47. The van der Waals surface area contributed by atoms with E-state index in [9.17, 15) is 35.9 Å². The number of unbranched alkanes of at least 4 members (excludes halogenated alkanes) is 2. The number of benzene rings is 2. The van der Waals surface area contributed by atoms with Crippen molar-refractivity contribution in [3.8, 4) is 11.5 Å². The minimum absolute atomic E-state index is 0.0500. The molecule has 0 aliphatic carbocycles. The summed E-state index contributed by atoms with van der Waals surface area (Å²) in [4.78, 5) is 25.8. The highest BCUT2D eigenvalue weighted by atomic mass is 19.4. The zero-order chi connectivity index (χ0) is 36.3. The van der Waals surface area contributed by atoms with Crippen molar-refractivity contribution < 1.29 is 45.4 Å². The average molecular weight is 693 g/mol. The van der Waals surface area contributed by atoms with Crippen LogP contribution in [0.15, 0.2) is 36.4 Å². The maximum Gasteiger partial charge on any atom is 0.420 e. The first-order valence-electron chi connectivity index (χ1n) is 16.0. The van der Waals surface area contributed by atoms with Crippen LogP contribution in [-0.2, 0) is 34.8 Å². The van der Waals surface area contributed by atoms with E-state index in [2.05, 4.69) is 10.6 Å². The Morgan fingerprint density at radius 1 is 0.708 bits per heavy atom. The van der Waals surface area contributed by atoms with Crippen LogP contribution < -0.4 is 20.1 Å². The summed E-state index contributed by atoms with van der Waals surface area (Å²) < 4.78 is 89.9. The topological polar surface area (TPSA) is 83.1 Å². The molecule has 2 N–H and O–H groups in total. The molecular weight excluding hydrogens is 642 g/mol. The average Bonchev–Trinajstić information content (AvgIpc) is 3.00. The monoisotopic (exact) mass is 692 g/mol. The highest BCUT2D eigenvalue weighted by molar-refractivity contribution is 5.78. The number of carbonyl (C=O) groups is 2. The minimum Gasteiger partial charge on any atom is -0.493 e. The molecule has 2 aromatic rings. The van der Waals surface area contributed by atoms with Gasteiger partial charge in [0.25, 0.3) is 0 Å². The van der Waals surface area contributed by atoms with E-state index >= 15 is 0 Å². The molecular formula is C34H50F6N4O4. The second-order valence-corrected chi connectivity index (χ2v) is 11.5. The Balaban J connectivity index is 0.000000480. The molecule has 2 aromatic carbocycles. The number of hydrogen-bond donors (Lipinski definition) is 2. The Hall–Kier alpha value is -3.52. The van der Waals surface area contributed by atoms with Crippen molar-refractivity contribution in [2.45, 2.75) is 64.7 Å². The van der Waals surface area contributed by atoms with Crippen molar-refractivity contribution in [2.75, 3.05) is 67.6 Å². The molecule has 2 amide bonds. The SMILES string of the molecule is CCCCOc1cc(CCNCC(=O)N(C)C)ccc1C(F)(F)F.CCCCOc1cccc(CCNCC(=O)N(C)C)c1C(F)(F)F. The lowest BCUT2D eigenvalue weighted by molar-refractivity contribution is -0.140. The molecule has 0 fully saturated rings. The van der Waals surface area contributed by atoms with Gasteiger partial charge in [-0.15, -0.1) is 0 Å². The van der Waals surface area contributed by atoms with Crippen molar-refractivity contribution in [3.63, 3.8) is 0 Å². The first kappa shape index (κ1) is 42.5. The van der Waals surface area contributed by atoms with Crippen molar-refractivity contribution in [1.29, 1.82) is 0 Å². The number of rotatable bonds is 18. The molecule has 0 aromatic heterocycles. The van der Waals surface area contributed by atoms with E-state index in [-0.39, 0.29) is 68.1 Å². The summed E-state index contributed by atoms with van der Waals surface area (Å²) in [5.41, 5.74) is -0.569. The first-order chi connectivity index (χ1) is 22.5. The Bertz CT molecular complexity index is 1250. The van der Waals surface area contributed by atoms with Crippen LogP contribution in [0.2, 0.25) is 0 Å². The maximum atomic E-state index is 13.4. The van der Waals surface area contributed by atoms with E-state index in [0.29, 0.717) is 25.8 Å². The Morgan fingerprint density at radius 2 is 1.23 bits per heavy atom. The smallest absolute Gasteiger partial charge is 0.420 e. The largest absolute Gasteiger partial charge is 0.493 e. The van der Waals surface area contributed by atoms with Crippen molar-refractivity contribution in [1.82, 2.24) is 20.4 Å². The van der Waals surface area contributed by atoms with Crippen molar-refractivity contribution >= 4 is 11.8 Å². The van der Waals surface area contributed by atoms with Crippen LogP contribution in [0, 0.1) is 0 Å². The molecule has 272 valence electrons. The molecule has 14 heteroatoms. The summed E-state index contributed by atoms with van der Waals surface area (Å²) in [6, 6.07) is 8.31. The van der Waals surface area contributed by atoms with Crippen LogP contribution in [0.1, 0.15) is 61.8 Å². The van der Waals surface area contributed by atoms with Gasteiger partial charge in [0, 0.05) is 28.2 Å². The molecule has 0 radical (unpaired) electrons. The van der Waals surface area contributed by atoms with Gasteiger partial charge in [0.15, 0.2) is 0 Å². The van der Waals surface area contributed by atoms with Crippen LogP contribution in [0.4, 0.5) is 26.3 Å². The van der Waals surface area contributed by atoms with Crippen LogP contribution in [0.3, 0.4) is 0 Å². The lowest BCUT2D eigenvalue weighted by atomic mass is 10.0. The predicted octanol–water partition coefficient (Wildman–Crippen LogP) is 6.21. The number of likely N-dealkylation sites (N-methyl/N-ethyl adjacent to an activating group) is 2. The highest BCUT2D eigenvalue weighted by Crippen LogP contribution is 2.39. The molecule has 0 aliphatic heterocycles. The maximum absolute atomic E-state index is 13.4. The van der Waals surface area contributed by atoms with Gasteiger partial charge >= 0.3 is 12.4 Å². The van der Waals surface area contributed by atoms with Crippen molar-refractivity contribution in [3.05, 3.63) is 58.7 Å². The Kier molecular flexibility index (Phi) is 19.0. The third kappa shape index (κ3) is 16.1. The standard InChI is InChI=1S/2C17H25F3N2O2/c1-4-5-10-24-15-11-13(6-7-14(15)17(18,19)20)8-9-21-12-16(23)22(2)3;1-4-5-11-24-14-8-6-7-13(16(14)17(18,19)20)9-10-21-12-15(23)22(2)3/h6-7,11,21H,4-5,8-10,12H2,1-3H3;6-8,21H,4-5,9-12H2,1-3H3. The van der Waals surface area contributed by atoms with E-state index in [4.69, 9.17) is 9.47 Å². The number of amides is 2. The molecule has 0 saturated carbocycles. The quantitative estimate of drug-likeness (QED) is 0.143. The number of alkyl halides is 6. The highest BCUT2D eigenvalue weighted by Gasteiger charge is 2.37. The van der Waals surface area contributed by atoms with E-state index in [0.717, 1.165) is 24.5 Å². The van der Waals surface area contributed by atoms with E-state index < -0.39 is 23.5 Å². The summed E-state index contributed by atoms with van der Waals surface area (Å²) in [5.74, 6) is -0.427. The van der Waals surface area contributed by atoms with Gasteiger partial charge in [-0.3, -0.25) is 9.59 Å². The normalized spacial score (nSPS) is 11.4. The zero-order valence-corrected chi connectivity index (χ0v) is 28.7. The third-order valence-electron chi connectivity index (χ3n) is 6.97. The molecule has 0 saturated heterocycles. The molecule has 0 bridgehead atoms. The van der Waals surface area contributed by atoms with E-state index in [1.165, 1.54) is 34.1 Å². The fourth-order valence-corrected chi connectivity index (χ4v) is 4.12. The number of carbonyl (C=O) groups excluding carboxylic acids is 2. The molecule has 2 rings (SSSR count). The second-order valence-electron chi connectivity index (χ2n) is 11.5. The molecule has 8 nitrogen and oxygen atoms in total. The lowest BCUT2D eigenvalue weighted by Crippen LogP contribution is -2.34. The van der Waals surface area contributed by atoms with Crippen LogP contribution in [0.5, 0.6) is 11.5 Å². The second kappa shape index (κ2) is 21.5. The summed E-state index contributed by atoms with van der Waals surface area (Å²) >= 11 is 0. The zero-order valence-electron chi connectivity index (χ0n) is 28.7. The molecule has 0 atom stereocenters. The fourth-order valence-electron chi connectivity index (χ4n) is 4.12. The van der Waals surface area contributed by atoms with Gasteiger partial charge in [-0.05, 0) is 68.1 Å².